The number of carbonyl (C=O) groups excluding carboxylic acids is 1. The largest absolute Gasteiger partial charge is 0.489 e. The number of ether oxygens (including phenoxy) is 1. The summed E-state index contributed by atoms with van der Waals surface area (Å²) < 4.78 is 64.1. The average molecular weight is 467 g/mol. The number of benzene rings is 1. The number of hydrogen-bond donors (Lipinski definition) is 1. The molecule has 6 fully saturated rings. The Morgan fingerprint density at radius 3 is 2.38 bits per heavy atom. The van der Waals surface area contributed by atoms with E-state index in [0.717, 1.165) is 42.0 Å². The molecule has 6 aliphatic rings. The lowest BCUT2D eigenvalue weighted by atomic mass is 9.53. The number of rotatable bonds is 6. The fourth-order valence-electron chi connectivity index (χ4n) is 6.54. The molecule has 6 nitrogen and oxygen atoms in total. The topological polar surface area (TPSA) is 75.7 Å². The van der Waals surface area contributed by atoms with Crippen LogP contribution in [0.5, 0.6) is 5.75 Å². The van der Waals surface area contributed by atoms with Crippen molar-refractivity contribution in [2.75, 3.05) is 13.1 Å². The summed E-state index contributed by atoms with van der Waals surface area (Å²) in [5.41, 5.74) is -0.594. The summed E-state index contributed by atoms with van der Waals surface area (Å²) in [6, 6.07) is 2.69. The van der Waals surface area contributed by atoms with Crippen LogP contribution in [0.25, 0.3) is 0 Å². The van der Waals surface area contributed by atoms with Crippen LogP contribution in [0.2, 0.25) is 0 Å². The summed E-state index contributed by atoms with van der Waals surface area (Å²) in [6.07, 6.45) is 6.07. The predicted molar refractivity (Wildman–Crippen MR) is 113 cm³/mol. The monoisotopic (exact) mass is 466 g/mol. The summed E-state index contributed by atoms with van der Waals surface area (Å²) in [6.45, 7) is 0.714. The van der Waals surface area contributed by atoms with Crippen molar-refractivity contribution < 1.29 is 26.7 Å². The Kier molecular flexibility index (Phi) is 4.64. The Balaban J connectivity index is 1.26. The molecule has 1 aromatic rings. The Morgan fingerprint density at radius 2 is 1.81 bits per heavy atom. The lowest BCUT2D eigenvalue weighted by Gasteiger charge is -2.56. The molecule has 1 saturated heterocycles. The van der Waals surface area contributed by atoms with Crippen molar-refractivity contribution in [3.05, 3.63) is 29.1 Å². The maximum atomic E-state index is 15.0. The molecule has 0 spiro atoms. The lowest BCUT2D eigenvalue weighted by molar-refractivity contribution is -0.134. The van der Waals surface area contributed by atoms with Crippen LogP contribution >= 0.6 is 0 Å². The van der Waals surface area contributed by atoms with Gasteiger partial charge in [0.25, 0.3) is 5.91 Å². The van der Waals surface area contributed by atoms with E-state index in [4.69, 9.17) is 4.74 Å². The number of carbonyl (C=O) groups is 1. The Morgan fingerprint density at radius 1 is 1.12 bits per heavy atom. The molecule has 174 valence electrons. The van der Waals surface area contributed by atoms with Gasteiger partial charge in [-0.15, -0.1) is 0 Å². The van der Waals surface area contributed by atoms with Gasteiger partial charge in [0.05, 0.1) is 5.56 Å². The molecule has 0 aromatic heterocycles. The molecule has 5 aliphatic carbocycles. The number of nitrogens with zero attached hydrogens (tertiary/aromatic N) is 1. The van der Waals surface area contributed by atoms with E-state index in [-0.39, 0.29) is 29.4 Å². The van der Waals surface area contributed by atoms with Gasteiger partial charge in [0.1, 0.15) is 23.3 Å². The van der Waals surface area contributed by atoms with Gasteiger partial charge >= 0.3 is 10.2 Å². The van der Waals surface area contributed by atoms with Gasteiger partial charge < -0.3 is 4.74 Å². The maximum Gasteiger partial charge on any atom is 0.304 e. The molecule has 0 radical (unpaired) electrons. The summed E-state index contributed by atoms with van der Waals surface area (Å²) in [7, 11) is -3.95. The van der Waals surface area contributed by atoms with E-state index >= 15 is 8.78 Å². The van der Waals surface area contributed by atoms with E-state index in [1.807, 2.05) is 4.72 Å². The van der Waals surface area contributed by atoms with Crippen LogP contribution in [0, 0.1) is 23.6 Å². The zero-order valence-corrected chi connectivity index (χ0v) is 18.7. The Hall–Kier alpha value is -1.74. The van der Waals surface area contributed by atoms with Crippen molar-refractivity contribution in [1.82, 2.24) is 9.03 Å². The highest BCUT2D eigenvalue weighted by Crippen LogP contribution is 2.58. The molecule has 1 amide bonds. The molecular formula is C23H28F2N2O4S. The minimum absolute atomic E-state index is 0.126. The molecule has 1 aromatic carbocycles. The molecule has 2 unspecified atom stereocenters. The second kappa shape index (κ2) is 7.13. The van der Waals surface area contributed by atoms with Crippen molar-refractivity contribution in [2.24, 2.45) is 17.8 Å². The van der Waals surface area contributed by atoms with Crippen molar-refractivity contribution >= 4 is 16.1 Å². The lowest BCUT2D eigenvalue weighted by Crippen LogP contribution is -2.56. The zero-order chi connectivity index (χ0) is 22.3. The third kappa shape index (κ3) is 3.52. The number of amides is 1. The SMILES string of the molecule is O=C(NS(=O)(=O)N1CCC1)c1cc(C2CC2)c(O[C@H]2C3CC4CC2C[C@@](F)(C4)C3)cc1F. The van der Waals surface area contributed by atoms with Crippen LogP contribution in [0.15, 0.2) is 12.1 Å². The van der Waals surface area contributed by atoms with Crippen LogP contribution in [0.1, 0.15) is 73.2 Å². The van der Waals surface area contributed by atoms with Crippen molar-refractivity contribution in [3.63, 3.8) is 0 Å². The van der Waals surface area contributed by atoms with E-state index in [2.05, 4.69) is 0 Å². The van der Waals surface area contributed by atoms with Crippen LogP contribution in [0.3, 0.4) is 0 Å². The third-order valence-electron chi connectivity index (χ3n) is 8.11. The van der Waals surface area contributed by atoms with Gasteiger partial charge in [-0.3, -0.25) is 4.79 Å². The summed E-state index contributed by atoms with van der Waals surface area (Å²) in [4.78, 5) is 12.6. The minimum Gasteiger partial charge on any atom is -0.489 e. The van der Waals surface area contributed by atoms with E-state index in [0.29, 0.717) is 44.0 Å². The van der Waals surface area contributed by atoms with Crippen LogP contribution in [-0.2, 0) is 10.2 Å². The Bertz CT molecular complexity index is 1050. The van der Waals surface area contributed by atoms with E-state index < -0.39 is 27.6 Å². The Labute approximate surface area is 186 Å². The summed E-state index contributed by atoms with van der Waals surface area (Å²) >= 11 is 0. The van der Waals surface area contributed by atoms with Crippen molar-refractivity contribution in [1.29, 1.82) is 0 Å². The smallest absolute Gasteiger partial charge is 0.304 e. The highest BCUT2D eigenvalue weighted by Gasteiger charge is 2.57. The number of halogens is 2. The standard InChI is InChI=1S/C23H28F2N2O4S/c24-19-9-20(31-21-15-6-13-7-16(21)12-23(25,10-13)11-15)17(14-2-3-14)8-18(19)22(28)26-32(29,30)27-4-1-5-27/h8-9,13-16,21H,1-7,10-12H2,(H,26,28)/t13?,15?,16?,21-,23+. The van der Waals surface area contributed by atoms with Gasteiger partial charge in [-0.1, -0.05) is 0 Å². The van der Waals surface area contributed by atoms with Crippen LogP contribution in [0.4, 0.5) is 8.78 Å². The third-order valence-corrected chi connectivity index (χ3v) is 9.60. The van der Waals surface area contributed by atoms with Gasteiger partial charge in [-0.2, -0.15) is 12.7 Å². The molecule has 4 bridgehead atoms. The highest BCUT2D eigenvalue weighted by atomic mass is 32.2. The maximum absolute atomic E-state index is 15.0. The molecular weight excluding hydrogens is 438 g/mol. The second-order valence-corrected chi connectivity index (χ2v) is 12.2. The molecule has 2 atom stereocenters. The quantitative estimate of drug-likeness (QED) is 0.694. The van der Waals surface area contributed by atoms with E-state index in [9.17, 15) is 13.2 Å². The molecule has 9 heteroatoms. The number of hydrogen-bond acceptors (Lipinski definition) is 4. The first kappa shape index (κ1) is 20.8. The van der Waals surface area contributed by atoms with Crippen LogP contribution < -0.4 is 9.46 Å². The summed E-state index contributed by atoms with van der Waals surface area (Å²) in [5.74, 6) is -0.442. The molecule has 1 aliphatic heterocycles. The molecule has 7 rings (SSSR count). The average Bonchev–Trinajstić information content (AvgIpc) is 3.46. The first-order valence-electron chi connectivity index (χ1n) is 11.7. The van der Waals surface area contributed by atoms with Crippen molar-refractivity contribution in [3.8, 4) is 5.75 Å². The van der Waals surface area contributed by atoms with Gasteiger partial charge in [-0.25, -0.2) is 13.5 Å². The highest BCUT2D eigenvalue weighted by molar-refractivity contribution is 7.87. The zero-order valence-electron chi connectivity index (χ0n) is 17.9. The fraction of sp³-hybridized carbons (Fsp3) is 0.696. The molecule has 1 N–H and O–H groups in total. The van der Waals surface area contributed by atoms with Gasteiger partial charge in [0.2, 0.25) is 0 Å². The van der Waals surface area contributed by atoms with Gasteiger partial charge in [0, 0.05) is 19.2 Å². The van der Waals surface area contributed by atoms with E-state index in [1.54, 1.807) is 0 Å². The molecule has 5 saturated carbocycles. The van der Waals surface area contributed by atoms with E-state index in [1.165, 1.54) is 12.1 Å². The first-order valence-corrected chi connectivity index (χ1v) is 13.2. The van der Waals surface area contributed by atoms with Crippen molar-refractivity contribution in [2.45, 2.75) is 69.1 Å². The van der Waals surface area contributed by atoms with Gasteiger partial charge in [-0.05, 0) is 86.7 Å². The second-order valence-electron chi connectivity index (χ2n) is 10.5. The molecule has 1 heterocycles. The summed E-state index contributed by atoms with van der Waals surface area (Å²) in [5, 5.41) is 0. The minimum atomic E-state index is -3.95. The first-order chi connectivity index (χ1) is 15.2. The number of alkyl halides is 1. The normalized spacial score (nSPS) is 36.1. The molecule has 32 heavy (non-hydrogen) atoms. The number of nitrogens with one attached hydrogen (secondary N) is 1. The fourth-order valence-corrected chi connectivity index (χ4v) is 7.76. The van der Waals surface area contributed by atoms with Gasteiger partial charge in [0.15, 0.2) is 0 Å². The van der Waals surface area contributed by atoms with Crippen LogP contribution in [-0.4, -0.2) is 43.5 Å². The predicted octanol–water partition coefficient (Wildman–Crippen LogP) is 3.68.